The molecular weight excluding hydrogens is 236 g/mol. The highest BCUT2D eigenvalue weighted by molar-refractivity contribution is 5.82. The number of aryl methyl sites for hydroxylation is 1. The molecule has 3 N–H and O–H groups in total. The first-order chi connectivity index (χ1) is 8.52. The molecule has 0 unspecified atom stereocenters. The lowest BCUT2D eigenvalue weighted by molar-refractivity contribution is -0.139. The fourth-order valence-electron chi connectivity index (χ4n) is 1.32. The molecule has 0 radical (unpaired) electrons. The van der Waals surface area contributed by atoms with Crippen LogP contribution in [0.3, 0.4) is 0 Å². The fraction of sp³-hybridized carbons (Fsp3) is 0.455. The minimum Gasteiger partial charge on any atom is -0.480 e. The van der Waals surface area contributed by atoms with Gasteiger partial charge in [-0.25, -0.2) is 19.6 Å². The fourth-order valence-corrected chi connectivity index (χ4v) is 1.32. The molecule has 0 saturated heterocycles. The number of carboxylic acid groups (broad SMARTS) is 1. The number of carbonyl (C=O) groups is 2. The van der Waals surface area contributed by atoms with Crippen LogP contribution in [0.2, 0.25) is 0 Å². The van der Waals surface area contributed by atoms with E-state index < -0.39 is 18.0 Å². The summed E-state index contributed by atoms with van der Waals surface area (Å²) < 4.78 is 0. The molecule has 18 heavy (non-hydrogen) atoms. The van der Waals surface area contributed by atoms with Gasteiger partial charge in [0, 0.05) is 6.20 Å². The van der Waals surface area contributed by atoms with Crippen molar-refractivity contribution in [3.63, 3.8) is 0 Å². The van der Waals surface area contributed by atoms with Crippen LogP contribution in [0, 0.1) is 6.92 Å². The van der Waals surface area contributed by atoms with Gasteiger partial charge in [0.2, 0.25) is 0 Å². The van der Waals surface area contributed by atoms with E-state index in [1.807, 2.05) is 0 Å². The second-order valence-electron chi connectivity index (χ2n) is 3.72. The Morgan fingerprint density at radius 1 is 1.50 bits per heavy atom. The summed E-state index contributed by atoms with van der Waals surface area (Å²) in [5.74, 6) is -0.433. The Hall–Kier alpha value is -2.18. The van der Waals surface area contributed by atoms with E-state index >= 15 is 0 Å². The number of carboxylic acids is 1. The molecule has 0 bridgehead atoms. The number of hydrogen-bond donors (Lipinski definition) is 3. The molecule has 0 spiro atoms. The topological polar surface area (TPSA) is 104 Å². The zero-order valence-corrected chi connectivity index (χ0v) is 10.3. The van der Waals surface area contributed by atoms with Crippen LogP contribution in [0.1, 0.15) is 24.9 Å². The van der Waals surface area contributed by atoms with Crippen molar-refractivity contribution in [3.05, 3.63) is 23.8 Å². The number of nitrogens with one attached hydrogen (secondary N) is 2. The number of carbonyl (C=O) groups excluding carboxylic acids is 1. The van der Waals surface area contributed by atoms with Gasteiger partial charge in [-0.2, -0.15) is 0 Å². The van der Waals surface area contributed by atoms with Gasteiger partial charge in [0.25, 0.3) is 0 Å². The van der Waals surface area contributed by atoms with Gasteiger partial charge in [0.1, 0.15) is 11.9 Å². The first-order valence-electron chi connectivity index (χ1n) is 5.58. The van der Waals surface area contributed by atoms with E-state index in [-0.39, 0.29) is 6.54 Å². The molecule has 7 nitrogen and oxygen atoms in total. The normalized spacial score (nSPS) is 11.7. The van der Waals surface area contributed by atoms with Gasteiger partial charge in [-0.05, 0) is 19.4 Å². The third-order valence-electron chi connectivity index (χ3n) is 2.28. The summed E-state index contributed by atoms with van der Waals surface area (Å²) in [6, 6.07) is 0.277. The zero-order valence-electron chi connectivity index (χ0n) is 10.3. The smallest absolute Gasteiger partial charge is 0.326 e. The van der Waals surface area contributed by atoms with E-state index in [2.05, 4.69) is 20.6 Å². The van der Waals surface area contributed by atoms with Crippen molar-refractivity contribution in [2.75, 3.05) is 0 Å². The van der Waals surface area contributed by atoms with Gasteiger partial charge in [0.15, 0.2) is 0 Å². The molecule has 2 amide bonds. The monoisotopic (exact) mass is 252 g/mol. The Labute approximate surface area is 105 Å². The van der Waals surface area contributed by atoms with Gasteiger partial charge in [0.05, 0.1) is 12.2 Å². The van der Waals surface area contributed by atoms with Gasteiger partial charge in [-0.15, -0.1) is 0 Å². The van der Waals surface area contributed by atoms with Crippen LogP contribution in [0.5, 0.6) is 0 Å². The molecule has 1 atom stereocenters. The van der Waals surface area contributed by atoms with E-state index in [4.69, 9.17) is 5.11 Å². The summed E-state index contributed by atoms with van der Waals surface area (Å²) in [6.07, 6.45) is 1.93. The molecule has 1 heterocycles. The SMILES string of the molecule is CC[C@H](NC(=O)NCc1ccnc(C)n1)C(=O)O. The minimum absolute atomic E-state index is 0.227. The molecule has 0 saturated carbocycles. The summed E-state index contributed by atoms with van der Waals surface area (Å²) in [6.45, 7) is 3.67. The Kier molecular flexibility index (Phi) is 5.04. The molecule has 0 aliphatic carbocycles. The van der Waals surface area contributed by atoms with Crippen molar-refractivity contribution >= 4 is 12.0 Å². The molecule has 0 fully saturated rings. The number of amides is 2. The molecule has 7 heteroatoms. The van der Waals surface area contributed by atoms with E-state index in [0.29, 0.717) is 17.9 Å². The maximum atomic E-state index is 11.4. The average Bonchev–Trinajstić information content (AvgIpc) is 2.33. The lowest BCUT2D eigenvalue weighted by atomic mass is 10.2. The first-order valence-corrected chi connectivity index (χ1v) is 5.58. The third-order valence-corrected chi connectivity index (χ3v) is 2.28. The highest BCUT2D eigenvalue weighted by Crippen LogP contribution is 1.94. The predicted molar refractivity (Wildman–Crippen MR) is 63.9 cm³/mol. The highest BCUT2D eigenvalue weighted by atomic mass is 16.4. The predicted octanol–water partition coefficient (Wildman–Crippen LogP) is 0.447. The lowest BCUT2D eigenvalue weighted by Crippen LogP contribution is -2.45. The number of aliphatic carboxylic acids is 1. The van der Waals surface area contributed by atoms with Gasteiger partial charge < -0.3 is 15.7 Å². The Balaban J connectivity index is 2.44. The minimum atomic E-state index is -1.05. The number of hydrogen-bond acceptors (Lipinski definition) is 4. The van der Waals surface area contributed by atoms with E-state index in [9.17, 15) is 9.59 Å². The van der Waals surface area contributed by atoms with Crippen molar-refractivity contribution in [3.8, 4) is 0 Å². The van der Waals surface area contributed by atoms with Crippen LogP contribution in [-0.4, -0.2) is 33.1 Å². The average molecular weight is 252 g/mol. The number of urea groups is 1. The summed E-state index contributed by atoms with van der Waals surface area (Å²) in [5.41, 5.74) is 0.668. The summed E-state index contributed by atoms with van der Waals surface area (Å²) in [4.78, 5) is 30.2. The number of nitrogens with zero attached hydrogens (tertiary/aromatic N) is 2. The molecule has 1 aromatic rings. The molecule has 0 aliphatic heterocycles. The number of aromatic nitrogens is 2. The maximum Gasteiger partial charge on any atom is 0.326 e. The van der Waals surface area contributed by atoms with Crippen LogP contribution >= 0.6 is 0 Å². The van der Waals surface area contributed by atoms with Crippen molar-refractivity contribution in [1.82, 2.24) is 20.6 Å². The third kappa shape index (κ3) is 4.36. The standard InChI is InChI=1S/C11H16N4O3/c1-3-9(10(16)17)15-11(18)13-6-8-4-5-12-7(2)14-8/h4-5,9H,3,6H2,1-2H3,(H,16,17)(H2,13,15,18)/t9-/m0/s1. The van der Waals surface area contributed by atoms with Gasteiger partial charge in [-0.1, -0.05) is 6.92 Å². The quantitative estimate of drug-likeness (QED) is 0.705. The number of rotatable bonds is 5. The summed E-state index contributed by atoms with van der Waals surface area (Å²) in [7, 11) is 0. The van der Waals surface area contributed by atoms with Crippen molar-refractivity contribution in [1.29, 1.82) is 0 Å². The van der Waals surface area contributed by atoms with E-state index in [1.165, 1.54) is 0 Å². The van der Waals surface area contributed by atoms with E-state index in [0.717, 1.165) is 0 Å². The molecule has 0 aromatic carbocycles. The maximum absolute atomic E-state index is 11.4. The lowest BCUT2D eigenvalue weighted by Gasteiger charge is -2.12. The van der Waals surface area contributed by atoms with Gasteiger partial charge >= 0.3 is 12.0 Å². The summed E-state index contributed by atoms with van der Waals surface area (Å²) >= 11 is 0. The van der Waals surface area contributed by atoms with Crippen molar-refractivity contribution in [2.45, 2.75) is 32.9 Å². The Morgan fingerprint density at radius 3 is 2.78 bits per heavy atom. The van der Waals surface area contributed by atoms with Crippen LogP contribution in [0.4, 0.5) is 4.79 Å². The largest absolute Gasteiger partial charge is 0.480 e. The first kappa shape index (κ1) is 13.9. The molecule has 0 aliphatic rings. The van der Waals surface area contributed by atoms with Crippen molar-refractivity contribution in [2.24, 2.45) is 0 Å². The van der Waals surface area contributed by atoms with Crippen LogP contribution in [-0.2, 0) is 11.3 Å². The van der Waals surface area contributed by atoms with Crippen LogP contribution in [0.15, 0.2) is 12.3 Å². The van der Waals surface area contributed by atoms with Crippen LogP contribution in [0.25, 0.3) is 0 Å². The van der Waals surface area contributed by atoms with Gasteiger partial charge in [-0.3, -0.25) is 0 Å². The Morgan fingerprint density at radius 2 is 2.22 bits per heavy atom. The zero-order chi connectivity index (χ0) is 13.5. The second-order valence-corrected chi connectivity index (χ2v) is 3.72. The molecule has 1 aromatic heterocycles. The molecule has 1 rings (SSSR count). The van der Waals surface area contributed by atoms with Crippen LogP contribution < -0.4 is 10.6 Å². The van der Waals surface area contributed by atoms with Crippen molar-refractivity contribution < 1.29 is 14.7 Å². The highest BCUT2D eigenvalue weighted by Gasteiger charge is 2.16. The van der Waals surface area contributed by atoms with E-state index in [1.54, 1.807) is 26.1 Å². The second kappa shape index (κ2) is 6.53. The molecular formula is C11H16N4O3. The molecule has 98 valence electrons. The summed E-state index contributed by atoms with van der Waals surface area (Å²) in [5, 5.41) is 13.7. The Bertz CT molecular complexity index is 436.